The molecule has 0 aromatic heterocycles. The number of likely N-dealkylation sites (tertiary alicyclic amines) is 1. The Morgan fingerprint density at radius 2 is 1.81 bits per heavy atom. The molecule has 3 N–H and O–H groups in total. The van der Waals surface area contributed by atoms with Crippen LogP contribution in [0.1, 0.15) is 53.0 Å². The molecule has 1 spiro atoms. The summed E-state index contributed by atoms with van der Waals surface area (Å²) in [6, 6.07) is 10.7. The summed E-state index contributed by atoms with van der Waals surface area (Å²) in [5.41, 5.74) is 0.728. The molecule has 1 unspecified atom stereocenters. The van der Waals surface area contributed by atoms with E-state index in [1.807, 2.05) is 18.7 Å². The molecule has 4 rings (SSSR count). The summed E-state index contributed by atoms with van der Waals surface area (Å²) in [5, 5.41) is 14.6. The quantitative estimate of drug-likeness (QED) is 0.564. The van der Waals surface area contributed by atoms with Crippen molar-refractivity contribution in [2.75, 3.05) is 24.5 Å². The molecule has 10 heteroatoms. The van der Waals surface area contributed by atoms with Gasteiger partial charge < -0.3 is 25.5 Å². The molecule has 36 heavy (non-hydrogen) atoms. The van der Waals surface area contributed by atoms with Crippen molar-refractivity contribution in [3.63, 3.8) is 0 Å². The molecule has 9 nitrogen and oxygen atoms in total. The molecule has 3 amide bonds. The first kappa shape index (κ1) is 25.2. The first-order valence-electron chi connectivity index (χ1n) is 11.9. The topological polar surface area (TPSA) is 119 Å². The van der Waals surface area contributed by atoms with Crippen LogP contribution in [0, 0.1) is 5.82 Å². The van der Waals surface area contributed by atoms with E-state index in [0.29, 0.717) is 38.0 Å². The van der Waals surface area contributed by atoms with Gasteiger partial charge in [0.1, 0.15) is 11.4 Å². The van der Waals surface area contributed by atoms with Crippen molar-refractivity contribution in [3.05, 3.63) is 65.0 Å². The molecule has 0 radical (unpaired) electrons. The van der Waals surface area contributed by atoms with Crippen molar-refractivity contribution in [1.82, 2.24) is 15.5 Å². The number of carboxylic acids is 1. The fourth-order valence-corrected chi connectivity index (χ4v) is 5.03. The number of amides is 3. The molecule has 190 valence electrons. The third-order valence-corrected chi connectivity index (χ3v) is 7.03. The van der Waals surface area contributed by atoms with Gasteiger partial charge in [-0.15, -0.1) is 0 Å². The maximum atomic E-state index is 14.1. The van der Waals surface area contributed by atoms with Crippen LogP contribution in [0.3, 0.4) is 0 Å². The minimum absolute atomic E-state index is 0.0964. The molecule has 2 aliphatic rings. The number of halogens is 1. The Balaban J connectivity index is 1.41. The van der Waals surface area contributed by atoms with Gasteiger partial charge in [-0.2, -0.15) is 0 Å². The fourth-order valence-electron chi connectivity index (χ4n) is 5.03. The standard InChI is InChI=1S/C26H29FN4O5/c1-3-17-4-9-21(27)20(14-17)23(33)28-15-22(32)30-12-10-26(11-13-30)25(36)29-16(2)31(26)19-7-5-18(6-8-19)24(34)35/h4-9,14,16H,3,10-13,15H2,1-2H3,(H,28,33)(H,29,36)(H,34,35). The number of carbonyl (C=O) groups is 4. The lowest BCUT2D eigenvalue weighted by Crippen LogP contribution is -2.58. The second-order valence-corrected chi connectivity index (χ2v) is 9.13. The number of hydrogen-bond donors (Lipinski definition) is 3. The number of carboxylic acid groups (broad SMARTS) is 1. The zero-order valence-corrected chi connectivity index (χ0v) is 20.2. The van der Waals surface area contributed by atoms with E-state index in [0.717, 1.165) is 5.56 Å². The van der Waals surface area contributed by atoms with Crippen molar-refractivity contribution in [2.24, 2.45) is 0 Å². The molecule has 2 heterocycles. The Morgan fingerprint density at radius 1 is 1.14 bits per heavy atom. The van der Waals surface area contributed by atoms with Crippen LogP contribution >= 0.6 is 0 Å². The van der Waals surface area contributed by atoms with Gasteiger partial charge in [-0.25, -0.2) is 9.18 Å². The maximum Gasteiger partial charge on any atom is 0.335 e. The first-order valence-corrected chi connectivity index (χ1v) is 11.9. The second-order valence-electron chi connectivity index (χ2n) is 9.13. The van der Waals surface area contributed by atoms with Crippen molar-refractivity contribution >= 4 is 29.4 Å². The van der Waals surface area contributed by atoms with Gasteiger partial charge in [-0.05, 0) is 68.1 Å². The minimum Gasteiger partial charge on any atom is -0.478 e. The van der Waals surface area contributed by atoms with E-state index in [1.54, 1.807) is 23.1 Å². The average molecular weight is 497 g/mol. The summed E-state index contributed by atoms with van der Waals surface area (Å²) >= 11 is 0. The van der Waals surface area contributed by atoms with Crippen LogP contribution in [-0.2, 0) is 16.0 Å². The van der Waals surface area contributed by atoms with Crippen molar-refractivity contribution in [2.45, 2.75) is 44.8 Å². The third kappa shape index (κ3) is 4.62. The zero-order chi connectivity index (χ0) is 26.0. The average Bonchev–Trinajstić information content (AvgIpc) is 3.11. The molecular formula is C26H29FN4O5. The molecule has 0 bridgehead atoms. The fraction of sp³-hybridized carbons (Fsp3) is 0.385. The number of nitrogens with one attached hydrogen (secondary N) is 2. The van der Waals surface area contributed by atoms with Crippen LogP contribution < -0.4 is 15.5 Å². The van der Waals surface area contributed by atoms with Crippen LogP contribution in [0.15, 0.2) is 42.5 Å². The van der Waals surface area contributed by atoms with E-state index in [9.17, 15) is 28.7 Å². The highest BCUT2D eigenvalue weighted by Crippen LogP contribution is 2.38. The number of aromatic carboxylic acids is 1. The predicted molar refractivity (Wildman–Crippen MR) is 130 cm³/mol. The van der Waals surface area contributed by atoms with E-state index < -0.39 is 23.2 Å². The SMILES string of the molecule is CCc1ccc(F)c(C(=O)NCC(=O)N2CCC3(CC2)C(=O)NC(C)N3c2ccc(C(=O)O)cc2)c1. The number of aryl methyl sites for hydroxylation is 1. The second kappa shape index (κ2) is 9.96. The lowest BCUT2D eigenvalue weighted by molar-refractivity contribution is -0.134. The summed E-state index contributed by atoms with van der Waals surface area (Å²) in [6.45, 7) is 4.09. The van der Waals surface area contributed by atoms with Gasteiger partial charge in [-0.1, -0.05) is 13.0 Å². The highest BCUT2D eigenvalue weighted by atomic mass is 19.1. The van der Waals surface area contributed by atoms with E-state index in [4.69, 9.17) is 0 Å². The molecule has 2 aromatic rings. The summed E-state index contributed by atoms with van der Waals surface area (Å²) in [4.78, 5) is 53.0. The number of rotatable bonds is 6. The molecule has 1 atom stereocenters. The molecule has 2 aliphatic heterocycles. The van der Waals surface area contributed by atoms with Crippen LogP contribution in [0.5, 0.6) is 0 Å². The lowest BCUT2D eigenvalue weighted by atomic mass is 9.85. The zero-order valence-electron chi connectivity index (χ0n) is 20.2. The van der Waals surface area contributed by atoms with E-state index in [1.165, 1.54) is 24.3 Å². The lowest BCUT2D eigenvalue weighted by Gasteiger charge is -2.44. The monoisotopic (exact) mass is 496 g/mol. The smallest absolute Gasteiger partial charge is 0.335 e. The van der Waals surface area contributed by atoms with Crippen molar-refractivity contribution < 1.29 is 28.7 Å². The van der Waals surface area contributed by atoms with Gasteiger partial charge in [0, 0.05) is 18.8 Å². The van der Waals surface area contributed by atoms with Gasteiger partial charge >= 0.3 is 5.97 Å². The van der Waals surface area contributed by atoms with Gasteiger partial charge in [0.2, 0.25) is 11.8 Å². The van der Waals surface area contributed by atoms with Gasteiger partial charge in [-0.3, -0.25) is 14.4 Å². The number of piperidine rings is 1. The summed E-state index contributed by atoms with van der Waals surface area (Å²) < 4.78 is 14.1. The molecular weight excluding hydrogens is 467 g/mol. The molecule has 0 aliphatic carbocycles. The first-order chi connectivity index (χ1) is 17.2. The number of benzene rings is 2. The van der Waals surface area contributed by atoms with Crippen LogP contribution in [-0.4, -0.2) is 65.0 Å². The van der Waals surface area contributed by atoms with E-state index in [-0.39, 0.29) is 35.7 Å². The van der Waals surface area contributed by atoms with E-state index >= 15 is 0 Å². The van der Waals surface area contributed by atoms with Crippen LogP contribution in [0.2, 0.25) is 0 Å². The van der Waals surface area contributed by atoms with Crippen LogP contribution in [0.4, 0.5) is 10.1 Å². The predicted octanol–water partition coefficient (Wildman–Crippen LogP) is 2.16. The van der Waals surface area contributed by atoms with E-state index in [2.05, 4.69) is 10.6 Å². The number of hydrogen-bond acceptors (Lipinski definition) is 5. The Kier molecular flexibility index (Phi) is 6.96. The third-order valence-electron chi connectivity index (χ3n) is 7.03. The Morgan fingerprint density at radius 3 is 2.42 bits per heavy atom. The highest BCUT2D eigenvalue weighted by molar-refractivity contribution is 5.97. The Labute approximate surface area is 208 Å². The van der Waals surface area contributed by atoms with Crippen molar-refractivity contribution in [1.29, 1.82) is 0 Å². The van der Waals surface area contributed by atoms with Gasteiger partial charge in [0.05, 0.1) is 23.8 Å². The summed E-state index contributed by atoms with van der Waals surface area (Å²) in [7, 11) is 0. The molecule has 2 saturated heterocycles. The normalized spacial score (nSPS) is 18.8. The summed E-state index contributed by atoms with van der Waals surface area (Å²) in [5.74, 6) is -2.77. The molecule has 2 fully saturated rings. The Bertz CT molecular complexity index is 1190. The van der Waals surface area contributed by atoms with Crippen molar-refractivity contribution in [3.8, 4) is 0 Å². The maximum absolute atomic E-state index is 14.1. The van der Waals surface area contributed by atoms with Crippen LogP contribution in [0.25, 0.3) is 0 Å². The van der Waals surface area contributed by atoms with Gasteiger partial charge in [0.25, 0.3) is 5.91 Å². The molecule has 2 aromatic carbocycles. The number of anilines is 1. The largest absolute Gasteiger partial charge is 0.478 e. The number of nitrogens with zero attached hydrogens (tertiary/aromatic N) is 2. The minimum atomic E-state index is -1.03. The molecule has 0 saturated carbocycles. The Hall–Kier alpha value is -3.95. The number of carbonyl (C=O) groups excluding carboxylic acids is 3. The highest BCUT2D eigenvalue weighted by Gasteiger charge is 2.53. The van der Waals surface area contributed by atoms with Gasteiger partial charge in [0.15, 0.2) is 0 Å². The summed E-state index contributed by atoms with van der Waals surface area (Å²) in [6.07, 6.45) is 1.10.